The Hall–Kier alpha value is -2.50. The van der Waals surface area contributed by atoms with Crippen LogP contribution >= 0.6 is 0 Å². The third-order valence-corrected chi connectivity index (χ3v) is 5.66. The molecule has 4 rings (SSSR count). The van der Waals surface area contributed by atoms with Crippen LogP contribution in [0.25, 0.3) is 10.9 Å². The fourth-order valence-electron chi connectivity index (χ4n) is 4.08. The van der Waals surface area contributed by atoms with Gasteiger partial charge in [-0.05, 0) is 25.1 Å². The zero-order chi connectivity index (χ0) is 18.8. The average Bonchev–Trinajstić information content (AvgIpc) is 2.68. The van der Waals surface area contributed by atoms with Crippen molar-refractivity contribution in [2.45, 2.75) is 20.0 Å². The molecule has 1 saturated heterocycles. The predicted octanol–water partition coefficient (Wildman–Crippen LogP) is 0.459. The number of piperazine rings is 1. The smallest absolute Gasteiger partial charge is 0.198 e. The van der Waals surface area contributed by atoms with E-state index in [4.69, 9.17) is 0 Å². The summed E-state index contributed by atoms with van der Waals surface area (Å²) < 4.78 is 13.6. The van der Waals surface area contributed by atoms with Gasteiger partial charge in [0.2, 0.25) is 0 Å². The lowest BCUT2D eigenvalue weighted by Crippen LogP contribution is -3.27. The number of aryl methyl sites for hydroxylation is 1. The molecule has 3 aromatic rings. The Morgan fingerprint density at radius 2 is 1.63 bits per heavy atom. The monoisotopic (exact) mass is 367 g/mol. The van der Waals surface area contributed by atoms with Crippen molar-refractivity contribution in [2.75, 3.05) is 26.2 Å². The van der Waals surface area contributed by atoms with Crippen LogP contribution in [-0.4, -0.2) is 31.2 Å². The fourth-order valence-corrected chi connectivity index (χ4v) is 4.08. The van der Waals surface area contributed by atoms with Gasteiger partial charge in [0, 0.05) is 22.2 Å². The summed E-state index contributed by atoms with van der Waals surface area (Å²) in [6, 6.07) is 15.0. The van der Waals surface area contributed by atoms with Crippen LogP contribution in [0.1, 0.15) is 16.8 Å². The minimum absolute atomic E-state index is 0.0349. The molecule has 0 saturated carbocycles. The van der Waals surface area contributed by atoms with Gasteiger partial charge < -0.3 is 14.8 Å². The van der Waals surface area contributed by atoms with Crippen LogP contribution in [-0.2, 0) is 13.1 Å². The molecular weight excluding hydrogens is 341 g/mol. The zero-order valence-corrected chi connectivity index (χ0v) is 15.6. The predicted molar refractivity (Wildman–Crippen MR) is 105 cm³/mol. The maximum atomic E-state index is 13.6. The van der Waals surface area contributed by atoms with Crippen LogP contribution in [0.3, 0.4) is 0 Å². The number of fused-ring (bicyclic) bond motifs is 1. The molecule has 0 radical (unpaired) electrons. The van der Waals surface area contributed by atoms with E-state index in [0.717, 1.165) is 44.0 Å². The van der Waals surface area contributed by atoms with Gasteiger partial charge in [-0.2, -0.15) is 0 Å². The third kappa shape index (κ3) is 3.94. The summed E-state index contributed by atoms with van der Waals surface area (Å²) in [6.45, 7) is 7.99. The molecule has 0 aliphatic carbocycles. The number of aromatic nitrogens is 1. The lowest BCUT2D eigenvalue weighted by Gasteiger charge is -2.30. The molecule has 2 aromatic carbocycles. The lowest BCUT2D eigenvalue weighted by atomic mass is 10.1. The van der Waals surface area contributed by atoms with Gasteiger partial charge >= 0.3 is 0 Å². The highest BCUT2D eigenvalue weighted by Gasteiger charge is 2.25. The van der Waals surface area contributed by atoms with Gasteiger partial charge in [0.05, 0.1) is 5.56 Å². The van der Waals surface area contributed by atoms with E-state index in [2.05, 4.69) is 35.3 Å². The molecule has 0 unspecified atom stereocenters. The van der Waals surface area contributed by atoms with Crippen LogP contribution in [0.4, 0.5) is 4.39 Å². The molecule has 5 heteroatoms. The van der Waals surface area contributed by atoms with E-state index in [-0.39, 0.29) is 11.2 Å². The van der Waals surface area contributed by atoms with Gasteiger partial charge in [-0.25, -0.2) is 4.39 Å². The van der Waals surface area contributed by atoms with Gasteiger partial charge in [-0.1, -0.05) is 30.3 Å². The van der Waals surface area contributed by atoms with Crippen molar-refractivity contribution in [3.63, 3.8) is 0 Å². The molecule has 1 aliphatic heterocycles. The molecule has 2 heterocycles. The molecule has 140 valence electrons. The number of hydrogen-bond donors (Lipinski definition) is 3. The summed E-state index contributed by atoms with van der Waals surface area (Å²) >= 11 is 0. The maximum Gasteiger partial charge on any atom is 0.198 e. The van der Waals surface area contributed by atoms with Crippen LogP contribution in [0, 0.1) is 12.7 Å². The van der Waals surface area contributed by atoms with Crippen molar-refractivity contribution in [2.24, 2.45) is 0 Å². The molecule has 3 N–H and O–H groups in total. The highest BCUT2D eigenvalue weighted by molar-refractivity contribution is 5.79. The Labute approximate surface area is 158 Å². The lowest BCUT2D eigenvalue weighted by molar-refractivity contribution is -1.02. The fraction of sp³-hybridized carbons (Fsp3) is 0.318. The Balaban J connectivity index is 1.45. The Morgan fingerprint density at radius 3 is 2.33 bits per heavy atom. The molecular formula is C22H26FN3O+2. The Bertz CT molecular complexity index is 992. The minimum Gasteiger partial charge on any atom is -0.358 e. The molecule has 0 atom stereocenters. The van der Waals surface area contributed by atoms with Crippen molar-refractivity contribution in [3.8, 4) is 0 Å². The number of H-pyrrole nitrogens is 1. The first-order valence-electron chi connectivity index (χ1n) is 9.62. The van der Waals surface area contributed by atoms with Gasteiger partial charge in [0.15, 0.2) is 5.43 Å². The average molecular weight is 367 g/mol. The zero-order valence-electron chi connectivity index (χ0n) is 15.6. The Morgan fingerprint density at radius 1 is 0.963 bits per heavy atom. The SMILES string of the molecule is Cc1[nH]c2ccc(F)cc2c(=O)c1C[NH+]1CC[NH+](Cc2ccccc2)CC1. The highest BCUT2D eigenvalue weighted by Crippen LogP contribution is 2.12. The van der Waals surface area contributed by atoms with E-state index in [1.807, 2.05) is 6.92 Å². The van der Waals surface area contributed by atoms with Gasteiger partial charge in [-0.3, -0.25) is 4.79 Å². The normalized spacial score (nSPS) is 20.1. The number of aromatic amines is 1. The van der Waals surface area contributed by atoms with Crippen LogP contribution in [0.2, 0.25) is 0 Å². The van der Waals surface area contributed by atoms with Crippen molar-refractivity contribution in [1.82, 2.24) is 4.98 Å². The first kappa shape index (κ1) is 17.9. The second kappa shape index (κ2) is 7.62. The Kier molecular flexibility index (Phi) is 5.05. The number of rotatable bonds is 4. The summed E-state index contributed by atoms with van der Waals surface area (Å²) in [4.78, 5) is 19.2. The molecule has 0 amide bonds. The number of nitrogens with one attached hydrogen (secondary N) is 3. The second-order valence-corrected chi connectivity index (χ2v) is 7.59. The number of hydrogen-bond acceptors (Lipinski definition) is 1. The summed E-state index contributed by atoms with van der Waals surface area (Å²) in [7, 11) is 0. The van der Waals surface area contributed by atoms with E-state index in [9.17, 15) is 9.18 Å². The van der Waals surface area contributed by atoms with Gasteiger partial charge in [-0.15, -0.1) is 0 Å². The van der Waals surface area contributed by atoms with Crippen molar-refractivity contribution < 1.29 is 14.2 Å². The maximum absolute atomic E-state index is 13.6. The number of quaternary nitrogens is 2. The number of benzene rings is 2. The van der Waals surface area contributed by atoms with E-state index in [1.54, 1.807) is 11.0 Å². The quantitative estimate of drug-likeness (QED) is 0.616. The van der Waals surface area contributed by atoms with E-state index >= 15 is 0 Å². The van der Waals surface area contributed by atoms with Crippen LogP contribution in [0.15, 0.2) is 53.3 Å². The molecule has 0 spiro atoms. The van der Waals surface area contributed by atoms with E-state index < -0.39 is 0 Å². The van der Waals surface area contributed by atoms with Crippen molar-refractivity contribution >= 4 is 10.9 Å². The summed E-state index contributed by atoms with van der Waals surface area (Å²) in [5.41, 5.74) is 3.72. The first-order chi connectivity index (χ1) is 13.1. The molecule has 1 fully saturated rings. The standard InChI is InChI=1S/C22H24FN3O/c1-16-20(22(27)19-13-18(23)7-8-21(19)24-16)15-26-11-9-25(10-12-26)14-17-5-3-2-4-6-17/h2-8,13H,9-12,14-15H2,1H3,(H,24,27)/p+2. The largest absolute Gasteiger partial charge is 0.358 e. The highest BCUT2D eigenvalue weighted by atomic mass is 19.1. The summed E-state index contributed by atoms with van der Waals surface area (Å²) in [6.07, 6.45) is 0. The van der Waals surface area contributed by atoms with Crippen LogP contribution < -0.4 is 15.2 Å². The molecule has 4 nitrogen and oxygen atoms in total. The molecule has 1 aliphatic rings. The molecule has 1 aromatic heterocycles. The van der Waals surface area contributed by atoms with E-state index in [1.165, 1.54) is 22.6 Å². The molecule has 0 bridgehead atoms. The molecule has 27 heavy (non-hydrogen) atoms. The van der Waals surface area contributed by atoms with Crippen molar-refractivity contribution in [3.05, 3.63) is 81.4 Å². The summed E-state index contributed by atoms with van der Waals surface area (Å²) in [5.74, 6) is -0.367. The van der Waals surface area contributed by atoms with E-state index in [0.29, 0.717) is 17.4 Å². The van der Waals surface area contributed by atoms with Gasteiger partial charge in [0.1, 0.15) is 45.1 Å². The second-order valence-electron chi connectivity index (χ2n) is 7.59. The number of halogens is 1. The number of pyridine rings is 1. The minimum atomic E-state index is -0.367. The van der Waals surface area contributed by atoms with Gasteiger partial charge in [0.25, 0.3) is 0 Å². The summed E-state index contributed by atoms with van der Waals surface area (Å²) in [5, 5.41) is 0.448. The topological polar surface area (TPSA) is 41.7 Å². The van der Waals surface area contributed by atoms with Crippen molar-refractivity contribution in [1.29, 1.82) is 0 Å². The third-order valence-electron chi connectivity index (χ3n) is 5.66. The van der Waals surface area contributed by atoms with Crippen LogP contribution in [0.5, 0.6) is 0 Å². The first-order valence-corrected chi connectivity index (χ1v) is 9.62.